The number of para-hydroxylation sites is 1. The number of nitrogens with one attached hydrogen (secondary N) is 4. The van der Waals surface area contributed by atoms with Gasteiger partial charge in [-0.05, 0) is 18.1 Å². The second-order valence-corrected chi connectivity index (χ2v) is 9.21. The van der Waals surface area contributed by atoms with Crippen molar-refractivity contribution < 1.29 is 23.6 Å². The third-order valence-corrected chi connectivity index (χ3v) is 5.65. The molecule has 0 aliphatic carbocycles. The predicted molar refractivity (Wildman–Crippen MR) is 122 cm³/mol. The summed E-state index contributed by atoms with van der Waals surface area (Å²) in [6, 6.07) is 2.63. The van der Waals surface area contributed by atoms with E-state index in [1.54, 1.807) is 18.3 Å². The van der Waals surface area contributed by atoms with Crippen LogP contribution in [0.1, 0.15) is 39.2 Å². The molecule has 32 heavy (non-hydrogen) atoms. The van der Waals surface area contributed by atoms with Gasteiger partial charge in [0.25, 0.3) is 0 Å². The zero-order valence-corrected chi connectivity index (χ0v) is 19.0. The van der Waals surface area contributed by atoms with Gasteiger partial charge in [0, 0.05) is 36.6 Å². The molecule has 0 bridgehead atoms. The summed E-state index contributed by atoms with van der Waals surface area (Å²) in [6.45, 7) is 4.94. The van der Waals surface area contributed by atoms with Crippen LogP contribution in [0, 0.1) is 11.2 Å². The summed E-state index contributed by atoms with van der Waals surface area (Å²) in [4.78, 5) is 51.7. The van der Waals surface area contributed by atoms with Crippen LogP contribution in [0.15, 0.2) is 24.4 Å². The molecule has 0 saturated heterocycles. The second-order valence-electron chi connectivity index (χ2n) is 7.63. The van der Waals surface area contributed by atoms with Gasteiger partial charge >= 0.3 is 0 Å². The molecule has 1 aromatic carbocycles. The summed E-state index contributed by atoms with van der Waals surface area (Å²) in [5, 5.41) is 12.5. The number of amides is 2. The van der Waals surface area contributed by atoms with E-state index in [9.17, 15) is 23.6 Å². The Bertz CT molecular complexity index is 1020. The zero-order valence-electron chi connectivity index (χ0n) is 18.2. The van der Waals surface area contributed by atoms with Crippen molar-refractivity contribution >= 4 is 51.6 Å². The molecule has 2 rings (SSSR count). The molecule has 0 unspecified atom stereocenters. The molecule has 4 N–H and O–H groups in total. The van der Waals surface area contributed by atoms with Crippen LogP contribution in [-0.2, 0) is 25.6 Å². The van der Waals surface area contributed by atoms with Gasteiger partial charge in [-0.3, -0.25) is 19.2 Å². The van der Waals surface area contributed by atoms with E-state index in [0.29, 0.717) is 22.7 Å². The molecular formula is C22H27FN4O4S. The van der Waals surface area contributed by atoms with Crippen LogP contribution in [0.25, 0.3) is 10.9 Å². The summed E-state index contributed by atoms with van der Waals surface area (Å²) in [5.41, 5.74) is 0.933. The van der Waals surface area contributed by atoms with E-state index in [0.717, 1.165) is 11.8 Å². The van der Waals surface area contributed by atoms with Crippen LogP contribution >= 0.6 is 11.8 Å². The van der Waals surface area contributed by atoms with Crippen molar-refractivity contribution in [1.82, 2.24) is 15.6 Å². The molecule has 2 amide bonds. The van der Waals surface area contributed by atoms with Gasteiger partial charge in [0.1, 0.15) is 11.9 Å². The highest BCUT2D eigenvalue weighted by Gasteiger charge is 2.28. The van der Waals surface area contributed by atoms with Crippen molar-refractivity contribution in [3.8, 4) is 0 Å². The van der Waals surface area contributed by atoms with Gasteiger partial charge in [-0.1, -0.05) is 37.7 Å². The van der Waals surface area contributed by atoms with Gasteiger partial charge in [-0.15, -0.1) is 0 Å². The first kappa shape index (κ1) is 25.3. The number of rotatable bonds is 11. The Kier molecular flexibility index (Phi) is 9.13. The molecule has 0 aliphatic heterocycles. The second kappa shape index (κ2) is 11.6. The van der Waals surface area contributed by atoms with Crippen molar-refractivity contribution in [2.45, 2.75) is 57.4 Å². The average molecular weight is 463 g/mol. The number of halogens is 1. The number of aromatic amines is 1. The molecule has 0 spiro atoms. The number of benzene rings is 1. The van der Waals surface area contributed by atoms with Gasteiger partial charge in [-0.2, -0.15) is 0 Å². The first-order valence-electron chi connectivity index (χ1n) is 10.2. The van der Waals surface area contributed by atoms with Gasteiger partial charge < -0.3 is 21.0 Å². The Labute approximate surface area is 189 Å². The lowest BCUT2D eigenvalue weighted by Gasteiger charge is -2.22. The summed E-state index contributed by atoms with van der Waals surface area (Å²) in [7, 11) is 0. The normalized spacial score (nSPS) is 12.9. The maximum atomic E-state index is 14.0. The minimum absolute atomic E-state index is 0.0207. The van der Waals surface area contributed by atoms with Crippen LogP contribution in [0.2, 0.25) is 0 Å². The number of thioether (sulfide) groups is 1. The van der Waals surface area contributed by atoms with Gasteiger partial charge in [-0.25, -0.2) is 4.39 Å². The van der Waals surface area contributed by atoms with E-state index < -0.39 is 35.5 Å². The van der Waals surface area contributed by atoms with E-state index in [-0.39, 0.29) is 29.6 Å². The minimum Gasteiger partial charge on any atom is -0.359 e. The van der Waals surface area contributed by atoms with Crippen LogP contribution < -0.4 is 10.6 Å². The SMILES string of the molecule is CC(=O)N[C@@H](Cc1c[nH]c2c(F)cccc12)C(=O)N[C@@H](CCC(=O)C=N)C(=O)SC(C)C. The molecule has 172 valence electrons. The fraction of sp³-hybridized carbons (Fsp3) is 0.409. The van der Waals surface area contributed by atoms with Gasteiger partial charge in [0.2, 0.25) is 16.9 Å². The molecule has 8 nitrogen and oxygen atoms in total. The van der Waals surface area contributed by atoms with Crippen molar-refractivity contribution in [2.75, 3.05) is 0 Å². The maximum Gasteiger partial charge on any atom is 0.243 e. The van der Waals surface area contributed by atoms with Gasteiger partial charge in [0.15, 0.2) is 5.78 Å². The highest BCUT2D eigenvalue weighted by atomic mass is 32.2. The number of hydrogen-bond donors (Lipinski definition) is 4. The van der Waals surface area contributed by atoms with Crippen LogP contribution in [-0.4, -0.2) is 51.2 Å². The highest BCUT2D eigenvalue weighted by Crippen LogP contribution is 2.22. The molecule has 2 aromatic rings. The number of carbonyl (C=O) groups is 4. The summed E-state index contributed by atoms with van der Waals surface area (Å²) >= 11 is 1.04. The third-order valence-electron chi connectivity index (χ3n) is 4.66. The average Bonchev–Trinajstić information content (AvgIpc) is 3.13. The molecule has 1 aromatic heterocycles. The lowest BCUT2D eigenvalue weighted by Crippen LogP contribution is -2.52. The molecular weight excluding hydrogens is 435 g/mol. The fourth-order valence-corrected chi connectivity index (χ4v) is 4.02. The standard InChI is InChI=1S/C22H27FN4O4S/c1-12(2)32-22(31)18(8-7-15(29)10-24)27-21(30)19(26-13(3)28)9-14-11-25-20-16(14)5-4-6-17(20)23/h4-6,10-12,18-19,24-25H,7-9H2,1-3H3,(H,26,28)(H,27,30)/t18-,19-/m0/s1. The fourth-order valence-electron chi connectivity index (χ4n) is 3.21. The molecule has 10 heteroatoms. The molecule has 2 atom stereocenters. The number of Topliss-reactive ketones (excluding diaryl/α,β-unsaturated/α-hetero) is 1. The number of aromatic nitrogens is 1. The predicted octanol–water partition coefficient (Wildman–Crippen LogP) is 2.51. The summed E-state index contributed by atoms with van der Waals surface area (Å²) in [5.74, 6) is -1.90. The first-order valence-corrected chi connectivity index (χ1v) is 11.1. The van der Waals surface area contributed by atoms with E-state index in [2.05, 4.69) is 15.6 Å². The van der Waals surface area contributed by atoms with Crippen LogP contribution in [0.5, 0.6) is 0 Å². The summed E-state index contributed by atoms with van der Waals surface area (Å²) < 4.78 is 14.0. The van der Waals surface area contributed by atoms with Gasteiger partial charge in [0.05, 0.1) is 17.8 Å². The Hall–Kier alpha value is -3.01. The number of H-pyrrole nitrogens is 1. The smallest absolute Gasteiger partial charge is 0.243 e. The Morgan fingerprint density at radius 3 is 2.53 bits per heavy atom. The number of fused-ring (bicyclic) bond motifs is 1. The Balaban J connectivity index is 2.23. The Morgan fingerprint density at radius 2 is 1.91 bits per heavy atom. The number of ketones is 1. The zero-order chi connectivity index (χ0) is 23.8. The van der Waals surface area contributed by atoms with E-state index in [4.69, 9.17) is 5.41 Å². The van der Waals surface area contributed by atoms with Crippen molar-refractivity contribution in [1.29, 1.82) is 5.41 Å². The third kappa shape index (κ3) is 7.01. The Morgan fingerprint density at radius 1 is 1.19 bits per heavy atom. The minimum atomic E-state index is -1.01. The number of carbonyl (C=O) groups excluding carboxylic acids is 4. The number of hydrogen-bond acceptors (Lipinski definition) is 6. The van der Waals surface area contributed by atoms with E-state index in [1.165, 1.54) is 13.0 Å². The first-order chi connectivity index (χ1) is 15.1. The molecule has 0 fully saturated rings. The molecule has 1 heterocycles. The summed E-state index contributed by atoms with van der Waals surface area (Å²) in [6.07, 6.45) is 2.31. The van der Waals surface area contributed by atoms with Crippen LogP contribution in [0.3, 0.4) is 0 Å². The maximum absolute atomic E-state index is 14.0. The molecule has 0 saturated carbocycles. The largest absolute Gasteiger partial charge is 0.359 e. The molecule has 0 radical (unpaired) electrons. The lowest BCUT2D eigenvalue weighted by molar-refractivity contribution is -0.129. The van der Waals surface area contributed by atoms with E-state index >= 15 is 0 Å². The van der Waals surface area contributed by atoms with Crippen molar-refractivity contribution in [3.63, 3.8) is 0 Å². The lowest BCUT2D eigenvalue weighted by atomic mass is 10.0. The quantitative estimate of drug-likeness (QED) is 0.381. The molecule has 0 aliphatic rings. The van der Waals surface area contributed by atoms with Crippen molar-refractivity contribution in [2.24, 2.45) is 0 Å². The highest BCUT2D eigenvalue weighted by molar-refractivity contribution is 8.14. The monoisotopic (exact) mass is 462 g/mol. The van der Waals surface area contributed by atoms with Crippen molar-refractivity contribution in [3.05, 3.63) is 35.8 Å². The topological polar surface area (TPSA) is 132 Å². The van der Waals surface area contributed by atoms with Crippen LogP contribution in [0.4, 0.5) is 4.39 Å². The van der Waals surface area contributed by atoms with E-state index in [1.807, 2.05) is 13.8 Å².